The van der Waals surface area contributed by atoms with Gasteiger partial charge in [0.2, 0.25) is 15.9 Å². The quantitative estimate of drug-likeness (QED) is 0.670. The molecule has 2 aromatic carbocycles. The fourth-order valence-corrected chi connectivity index (χ4v) is 5.09. The molecule has 1 atom stereocenters. The van der Waals surface area contributed by atoms with E-state index in [4.69, 9.17) is 4.74 Å². The van der Waals surface area contributed by atoms with Gasteiger partial charge in [-0.25, -0.2) is 21.6 Å². The first-order valence-corrected chi connectivity index (χ1v) is 11.3. The normalized spacial score (nSPS) is 17.4. The largest absolute Gasteiger partial charge is 0.494 e. The van der Waals surface area contributed by atoms with E-state index in [-0.39, 0.29) is 18.0 Å². The van der Waals surface area contributed by atoms with Crippen molar-refractivity contribution in [3.63, 3.8) is 0 Å². The van der Waals surface area contributed by atoms with Crippen molar-refractivity contribution >= 4 is 21.6 Å². The maximum Gasteiger partial charge on any atom is 0.243 e. The first kappa shape index (κ1) is 23.1. The standard InChI is InChI=1S/C21H23F3N2O4S/c1-3-30-18-9-6-15(11-13(18)2)31(28,29)26-10-4-5-14(12-26)21(27)25-17-8-7-16(22)19(23)20(17)24/h6-9,11,14H,3-5,10,12H2,1-2H3,(H,25,27). The van der Waals surface area contributed by atoms with Crippen molar-refractivity contribution in [2.24, 2.45) is 5.92 Å². The summed E-state index contributed by atoms with van der Waals surface area (Å²) in [6.07, 6.45) is 0.805. The summed E-state index contributed by atoms with van der Waals surface area (Å²) < 4.78 is 73.1. The van der Waals surface area contributed by atoms with Gasteiger partial charge in [-0.05, 0) is 62.6 Å². The number of carbonyl (C=O) groups is 1. The average molecular weight is 456 g/mol. The number of benzene rings is 2. The number of nitrogens with zero attached hydrogens (tertiary/aromatic N) is 1. The lowest BCUT2D eigenvalue weighted by Crippen LogP contribution is -2.43. The van der Waals surface area contributed by atoms with Gasteiger partial charge in [0, 0.05) is 13.1 Å². The Labute approximate surface area is 179 Å². The molecule has 0 aliphatic carbocycles. The molecule has 0 spiro atoms. The van der Waals surface area contributed by atoms with Crippen LogP contribution in [-0.4, -0.2) is 38.3 Å². The number of nitrogens with one attached hydrogen (secondary N) is 1. The summed E-state index contributed by atoms with van der Waals surface area (Å²) in [6.45, 7) is 4.15. The second kappa shape index (κ2) is 9.27. The number of carbonyl (C=O) groups excluding carboxylic acids is 1. The van der Waals surface area contributed by atoms with Gasteiger partial charge >= 0.3 is 0 Å². The van der Waals surface area contributed by atoms with Crippen molar-refractivity contribution in [1.82, 2.24) is 4.31 Å². The van der Waals surface area contributed by atoms with E-state index in [2.05, 4.69) is 5.32 Å². The number of sulfonamides is 1. The highest BCUT2D eigenvalue weighted by Crippen LogP contribution is 2.28. The fraction of sp³-hybridized carbons (Fsp3) is 0.381. The van der Waals surface area contributed by atoms with Crippen molar-refractivity contribution in [3.8, 4) is 5.75 Å². The maximum absolute atomic E-state index is 13.9. The zero-order valence-corrected chi connectivity index (χ0v) is 17.9. The second-order valence-corrected chi connectivity index (χ2v) is 9.21. The Bertz CT molecular complexity index is 1090. The zero-order chi connectivity index (χ0) is 22.8. The zero-order valence-electron chi connectivity index (χ0n) is 17.1. The summed E-state index contributed by atoms with van der Waals surface area (Å²) in [5.41, 5.74) is 0.175. The highest BCUT2D eigenvalue weighted by atomic mass is 32.2. The molecule has 0 radical (unpaired) electrons. The van der Waals surface area contributed by atoms with Crippen LogP contribution in [0.3, 0.4) is 0 Å². The SMILES string of the molecule is CCOc1ccc(S(=O)(=O)N2CCCC(C(=O)Nc3ccc(F)c(F)c3F)C2)cc1C. The van der Waals surface area contributed by atoms with Crippen LogP contribution in [0.4, 0.5) is 18.9 Å². The van der Waals surface area contributed by atoms with Crippen LogP contribution < -0.4 is 10.1 Å². The van der Waals surface area contributed by atoms with E-state index in [9.17, 15) is 26.4 Å². The number of rotatable bonds is 6. The lowest BCUT2D eigenvalue weighted by Gasteiger charge is -2.31. The first-order chi connectivity index (χ1) is 14.6. The third-order valence-electron chi connectivity index (χ3n) is 5.13. The molecule has 0 saturated carbocycles. The minimum Gasteiger partial charge on any atom is -0.494 e. The van der Waals surface area contributed by atoms with Gasteiger partial charge in [0.1, 0.15) is 5.75 Å². The highest BCUT2D eigenvalue weighted by Gasteiger charge is 2.34. The Balaban J connectivity index is 1.76. The number of aryl methyl sites for hydroxylation is 1. The Morgan fingerprint density at radius 2 is 1.94 bits per heavy atom. The van der Waals surface area contributed by atoms with Crippen LogP contribution in [0.2, 0.25) is 0 Å². The lowest BCUT2D eigenvalue weighted by molar-refractivity contribution is -0.120. The molecule has 31 heavy (non-hydrogen) atoms. The van der Waals surface area contributed by atoms with E-state index in [0.717, 1.165) is 6.07 Å². The summed E-state index contributed by atoms with van der Waals surface area (Å²) >= 11 is 0. The molecule has 1 saturated heterocycles. The molecule has 1 unspecified atom stereocenters. The second-order valence-electron chi connectivity index (χ2n) is 7.27. The van der Waals surface area contributed by atoms with Crippen LogP contribution in [0.5, 0.6) is 5.75 Å². The molecule has 0 aromatic heterocycles. The van der Waals surface area contributed by atoms with E-state index in [0.29, 0.717) is 36.8 Å². The van der Waals surface area contributed by atoms with Gasteiger partial charge in [-0.3, -0.25) is 4.79 Å². The summed E-state index contributed by atoms with van der Waals surface area (Å²) in [5.74, 6) is -5.38. The van der Waals surface area contributed by atoms with Gasteiger partial charge in [-0.15, -0.1) is 0 Å². The molecule has 3 rings (SSSR count). The number of anilines is 1. The molecule has 6 nitrogen and oxygen atoms in total. The smallest absolute Gasteiger partial charge is 0.243 e. The van der Waals surface area contributed by atoms with Crippen molar-refractivity contribution in [3.05, 3.63) is 53.3 Å². The summed E-state index contributed by atoms with van der Waals surface area (Å²) in [6, 6.07) is 6.19. The van der Waals surface area contributed by atoms with Crippen LogP contribution in [-0.2, 0) is 14.8 Å². The topological polar surface area (TPSA) is 75.7 Å². The number of hydrogen-bond acceptors (Lipinski definition) is 4. The molecule has 1 amide bonds. The molecule has 10 heteroatoms. The number of amides is 1. The maximum atomic E-state index is 13.9. The van der Waals surface area contributed by atoms with Crippen molar-refractivity contribution < 1.29 is 31.1 Å². The fourth-order valence-electron chi connectivity index (χ4n) is 3.48. The Morgan fingerprint density at radius 1 is 1.19 bits per heavy atom. The van der Waals surface area contributed by atoms with Crippen LogP contribution >= 0.6 is 0 Å². The third-order valence-corrected chi connectivity index (χ3v) is 6.99. The molecule has 2 aromatic rings. The van der Waals surface area contributed by atoms with Crippen LogP contribution in [0.1, 0.15) is 25.3 Å². The molecule has 168 valence electrons. The highest BCUT2D eigenvalue weighted by molar-refractivity contribution is 7.89. The van der Waals surface area contributed by atoms with E-state index in [1.165, 1.54) is 16.4 Å². The third kappa shape index (κ3) is 4.85. The Hall–Kier alpha value is -2.59. The van der Waals surface area contributed by atoms with Gasteiger partial charge in [0.15, 0.2) is 17.5 Å². The molecule has 1 heterocycles. The minimum atomic E-state index is -3.86. The summed E-state index contributed by atoms with van der Waals surface area (Å²) in [7, 11) is -3.86. The Morgan fingerprint density at radius 3 is 2.61 bits per heavy atom. The number of halogens is 3. The van der Waals surface area contributed by atoms with Gasteiger partial charge in [-0.1, -0.05) is 0 Å². The molecule has 1 aliphatic heterocycles. The predicted octanol–water partition coefficient (Wildman–Crippen LogP) is 3.85. The molecule has 1 N–H and O–H groups in total. The van der Waals surface area contributed by atoms with Crippen molar-refractivity contribution in [2.45, 2.75) is 31.6 Å². The number of piperidine rings is 1. The Kier molecular flexibility index (Phi) is 6.90. The van der Waals surface area contributed by atoms with Crippen molar-refractivity contribution in [1.29, 1.82) is 0 Å². The summed E-state index contributed by atoms with van der Waals surface area (Å²) in [5, 5.41) is 2.23. The average Bonchev–Trinajstić information content (AvgIpc) is 2.75. The molecule has 0 bridgehead atoms. The van der Waals surface area contributed by atoms with Crippen LogP contribution in [0.15, 0.2) is 35.2 Å². The van der Waals surface area contributed by atoms with Gasteiger partial charge in [-0.2, -0.15) is 4.31 Å². The van der Waals surface area contributed by atoms with E-state index >= 15 is 0 Å². The monoisotopic (exact) mass is 456 g/mol. The number of ether oxygens (including phenoxy) is 1. The minimum absolute atomic E-state index is 0.0844. The lowest BCUT2D eigenvalue weighted by atomic mass is 9.98. The van der Waals surface area contributed by atoms with Crippen LogP contribution in [0.25, 0.3) is 0 Å². The predicted molar refractivity (Wildman–Crippen MR) is 109 cm³/mol. The molecule has 1 fully saturated rings. The van der Waals surface area contributed by atoms with E-state index < -0.39 is 45.0 Å². The summed E-state index contributed by atoms with van der Waals surface area (Å²) in [4.78, 5) is 12.6. The molecular weight excluding hydrogens is 433 g/mol. The molecular formula is C21H23F3N2O4S. The first-order valence-electron chi connectivity index (χ1n) is 9.83. The van der Waals surface area contributed by atoms with Crippen LogP contribution in [0, 0.1) is 30.3 Å². The van der Waals surface area contributed by atoms with Gasteiger partial charge < -0.3 is 10.1 Å². The van der Waals surface area contributed by atoms with Crippen molar-refractivity contribution in [2.75, 3.05) is 25.0 Å². The van der Waals surface area contributed by atoms with E-state index in [1.54, 1.807) is 13.0 Å². The van der Waals surface area contributed by atoms with Gasteiger partial charge in [0.05, 0.1) is 23.1 Å². The molecule has 1 aliphatic rings. The van der Waals surface area contributed by atoms with Gasteiger partial charge in [0.25, 0.3) is 0 Å². The number of hydrogen-bond donors (Lipinski definition) is 1. The van der Waals surface area contributed by atoms with E-state index in [1.807, 2.05) is 6.92 Å².